The van der Waals surface area contributed by atoms with Crippen molar-refractivity contribution in [3.8, 4) is 16.8 Å². The number of piperazine rings is 1. The van der Waals surface area contributed by atoms with E-state index in [1.165, 1.54) is 6.07 Å². The normalized spacial score (nSPS) is 13.8. The second-order valence-corrected chi connectivity index (χ2v) is 10.2. The number of pyridine rings is 1. The Kier molecular flexibility index (Phi) is 7.45. The molecule has 1 saturated heterocycles. The lowest BCUT2D eigenvalue weighted by atomic mass is 9.98. The summed E-state index contributed by atoms with van der Waals surface area (Å²) in [6, 6.07) is 20.4. The molecule has 6 nitrogen and oxygen atoms in total. The summed E-state index contributed by atoms with van der Waals surface area (Å²) in [6.45, 7) is 2.88. The van der Waals surface area contributed by atoms with E-state index in [2.05, 4.69) is 16.3 Å². The Labute approximate surface area is 230 Å². The number of benzene rings is 3. The predicted molar refractivity (Wildman–Crippen MR) is 148 cm³/mol. The monoisotopic (exact) mass is 555 g/mol. The molecule has 0 aliphatic carbocycles. The molecule has 1 aliphatic heterocycles. The summed E-state index contributed by atoms with van der Waals surface area (Å²) in [5, 5.41) is 5.27. The number of nitrogens with one attached hydrogen (secondary N) is 1. The van der Waals surface area contributed by atoms with Crippen molar-refractivity contribution in [2.75, 3.05) is 44.7 Å². The van der Waals surface area contributed by atoms with Crippen LogP contribution in [0.5, 0.6) is 0 Å². The van der Waals surface area contributed by atoms with E-state index >= 15 is 0 Å². The predicted octanol–water partition coefficient (Wildman–Crippen LogP) is 4.53. The number of fused-ring (bicyclic) bond motifs is 1. The lowest BCUT2D eigenvalue weighted by Crippen LogP contribution is -2.50. The number of hydrogen-bond donors (Lipinski definition) is 1. The number of halogens is 3. The molecule has 5 rings (SSSR count). The van der Waals surface area contributed by atoms with E-state index in [0.29, 0.717) is 54.0 Å². The van der Waals surface area contributed by atoms with Crippen molar-refractivity contribution >= 4 is 45.7 Å². The molecule has 1 aliphatic rings. The maximum absolute atomic E-state index is 13.3. The van der Waals surface area contributed by atoms with Gasteiger partial charge in [0.05, 0.1) is 27.8 Å². The number of para-hydroxylation sites is 1. The van der Waals surface area contributed by atoms with E-state index in [1.54, 1.807) is 29.8 Å². The first-order valence-electron chi connectivity index (χ1n) is 12.0. The highest BCUT2D eigenvalue weighted by Crippen LogP contribution is 2.38. The van der Waals surface area contributed by atoms with Gasteiger partial charge in [-0.05, 0) is 49.0 Å². The van der Waals surface area contributed by atoms with Gasteiger partial charge in [0.2, 0.25) is 10.9 Å². The van der Waals surface area contributed by atoms with Gasteiger partial charge in [0.15, 0.2) is 11.6 Å². The van der Waals surface area contributed by atoms with Crippen LogP contribution in [0.3, 0.4) is 0 Å². The van der Waals surface area contributed by atoms with Crippen LogP contribution >= 0.6 is 23.2 Å². The van der Waals surface area contributed by atoms with Crippen molar-refractivity contribution < 1.29 is 16.4 Å². The maximum Gasteiger partial charge on any atom is 0.255 e. The lowest BCUT2D eigenvalue weighted by Gasteiger charge is -2.36. The molecule has 0 saturated carbocycles. The highest BCUT2D eigenvalue weighted by atomic mass is 35.5. The fourth-order valence-electron chi connectivity index (χ4n) is 4.84. The van der Waals surface area contributed by atoms with Crippen molar-refractivity contribution in [3.05, 3.63) is 92.2 Å². The third-order valence-electron chi connectivity index (χ3n) is 6.66. The molecule has 1 amide bonds. The zero-order valence-corrected chi connectivity index (χ0v) is 22.5. The SMILES string of the molecule is CNCC(=O)N1CCN(c2cc(-c3ccccc3[ClH+])c3ccc(=O)n(-c4c(Cl)cccc4Cl)c3c2)CC1. The van der Waals surface area contributed by atoms with Gasteiger partial charge in [-0.2, -0.15) is 0 Å². The van der Waals surface area contributed by atoms with E-state index in [0.717, 1.165) is 27.2 Å². The second kappa shape index (κ2) is 10.8. The fourth-order valence-corrected chi connectivity index (χ4v) is 5.66. The third-order valence-corrected chi connectivity index (χ3v) is 7.63. The fraction of sp³-hybridized carbons (Fsp3) is 0.214. The van der Waals surface area contributed by atoms with Crippen LogP contribution in [-0.4, -0.2) is 55.1 Å². The van der Waals surface area contributed by atoms with Crippen molar-refractivity contribution in [2.24, 2.45) is 0 Å². The van der Waals surface area contributed by atoms with Crippen LogP contribution in [-0.2, 0) is 4.79 Å². The van der Waals surface area contributed by atoms with E-state index in [1.807, 2.05) is 41.3 Å². The number of likely N-dealkylation sites (N-methyl/N-ethyl adjacent to an activating group) is 1. The molecule has 1 fully saturated rings. The number of aromatic nitrogens is 1. The molecule has 1 N–H and O–H groups in total. The Morgan fingerprint density at radius 3 is 2.30 bits per heavy atom. The van der Waals surface area contributed by atoms with E-state index in [-0.39, 0.29) is 11.5 Å². The molecule has 9 heteroatoms. The standard InChI is InChI=1S/C28H26Cl3N4O2/c1-32-17-27(37)34-13-11-33(12-14-34)18-15-21(19-5-2-3-6-22(19)29)20-9-10-26(36)35(25(20)16-18)28-23(30)7-4-8-24(28)31/h2-10,15-16,29,32H,11-14,17H2,1H3/q+1. The first kappa shape index (κ1) is 25.6. The number of rotatable bonds is 5. The van der Waals surface area contributed by atoms with Gasteiger partial charge in [0.25, 0.3) is 5.56 Å². The van der Waals surface area contributed by atoms with E-state index in [4.69, 9.17) is 34.8 Å². The zero-order chi connectivity index (χ0) is 26.1. The van der Waals surface area contributed by atoms with E-state index < -0.39 is 0 Å². The first-order chi connectivity index (χ1) is 17.9. The number of carbonyl (C=O) groups is 1. The summed E-state index contributed by atoms with van der Waals surface area (Å²) in [7, 11) is 1.77. The first-order valence-corrected chi connectivity index (χ1v) is 13.1. The minimum absolute atomic E-state index is 0.0867. The van der Waals surface area contributed by atoms with Gasteiger partial charge in [-0.15, -0.1) is 0 Å². The lowest BCUT2D eigenvalue weighted by molar-refractivity contribution is -0.287. The number of amides is 1. The largest absolute Gasteiger partial charge is 0.368 e. The van der Waals surface area contributed by atoms with Crippen molar-refractivity contribution in [1.29, 1.82) is 0 Å². The molecule has 2 heterocycles. The Balaban J connectivity index is 1.71. The van der Waals surface area contributed by atoms with Crippen LogP contribution in [0.2, 0.25) is 15.1 Å². The molecule has 1 aromatic heterocycles. The van der Waals surface area contributed by atoms with Gasteiger partial charge in [-0.1, -0.05) is 41.4 Å². The molecule has 190 valence electrons. The highest BCUT2D eigenvalue weighted by molar-refractivity contribution is 6.37. The molecule has 4 aromatic rings. The summed E-state index contributed by atoms with van der Waals surface area (Å²) in [6.07, 6.45) is 0. The Morgan fingerprint density at radius 2 is 1.62 bits per heavy atom. The van der Waals surface area contributed by atoms with Gasteiger partial charge in [-0.3, -0.25) is 14.2 Å². The number of hydrogen-bond acceptors (Lipinski definition) is 4. The quantitative estimate of drug-likeness (QED) is 0.393. The van der Waals surface area contributed by atoms with Crippen molar-refractivity contribution in [2.45, 2.75) is 0 Å². The minimum Gasteiger partial charge on any atom is -0.368 e. The van der Waals surface area contributed by atoms with Crippen LogP contribution in [0.15, 0.2) is 71.5 Å². The molecular formula is C28H26Cl3N4O2+. The molecule has 37 heavy (non-hydrogen) atoms. The Bertz CT molecular complexity index is 1520. The van der Waals surface area contributed by atoms with Gasteiger partial charge in [0.1, 0.15) is 0 Å². The third kappa shape index (κ3) is 4.94. The Hall–Kier alpha value is -3.03. The number of carbonyl (C=O) groups excluding carboxylic acids is 1. The van der Waals surface area contributed by atoms with Gasteiger partial charge >= 0.3 is 0 Å². The second-order valence-electron chi connectivity index (χ2n) is 8.90. The highest BCUT2D eigenvalue weighted by Gasteiger charge is 2.24. The summed E-state index contributed by atoms with van der Waals surface area (Å²) in [5.41, 5.74) is 3.65. The summed E-state index contributed by atoms with van der Waals surface area (Å²) < 4.78 is 1.58. The van der Waals surface area contributed by atoms with Crippen LogP contribution in [0.4, 0.5) is 5.69 Å². The molecular weight excluding hydrogens is 531 g/mol. The molecule has 0 spiro atoms. The maximum atomic E-state index is 13.3. The molecule has 0 radical (unpaired) electrons. The number of anilines is 1. The van der Waals surface area contributed by atoms with Crippen LogP contribution in [0, 0.1) is 11.6 Å². The average molecular weight is 557 g/mol. The summed E-state index contributed by atoms with van der Waals surface area (Å²) in [5.74, 6) is 0.0867. The molecule has 0 bridgehead atoms. The summed E-state index contributed by atoms with van der Waals surface area (Å²) >= 11 is 18.8. The van der Waals surface area contributed by atoms with Crippen molar-refractivity contribution in [1.82, 2.24) is 14.8 Å². The smallest absolute Gasteiger partial charge is 0.255 e. The zero-order valence-electron chi connectivity index (χ0n) is 20.2. The van der Waals surface area contributed by atoms with E-state index in [9.17, 15) is 9.59 Å². The van der Waals surface area contributed by atoms with Gasteiger partial charge in [-0.25, -0.2) is 0 Å². The van der Waals surface area contributed by atoms with Crippen LogP contribution in [0.25, 0.3) is 27.7 Å². The average Bonchev–Trinajstić information content (AvgIpc) is 2.89. The van der Waals surface area contributed by atoms with Crippen LogP contribution in [0.1, 0.15) is 0 Å². The molecule has 3 aromatic carbocycles. The van der Waals surface area contributed by atoms with Gasteiger partial charge < -0.3 is 15.1 Å². The summed E-state index contributed by atoms with van der Waals surface area (Å²) in [4.78, 5) is 29.7. The minimum atomic E-state index is -0.236. The van der Waals surface area contributed by atoms with Gasteiger partial charge in [0, 0.05) is 54.9 Å². The topological polar surface area (TPSA) is 57.6 Å². The number of nitrogens with zero attached hydrogens (tertiary/aromatic N) is 3. The Morgan fingerprint density at radius 1 is 0.919 bits per heavy atom. The van der Waals surface area contributed by atoms with Crippen molar-refractivity contribution in [3.63, 3.8) is 0 Å². The molecule has 0 atom stereocenters. The van der Waals surface area contributed by atoms with Crippen LogP contribution < -0.4 is 15.8 Å². The molecule has 0 unspecified atom stereocenters.